The summed E-state index contributed by atoms with van der Waals surface area (Å²) in [5.74, 6) is 0.0956. The van der Waals surface area contributed by atoms with Crippen molar-refractivity contribution in [1.29, 1.82) is 0 Å². The summed E-state index contributed by atoms with van der Waals surface area (Å²) in [7, 11) is -0.619. The van der Waals surface area contributed by atoms with Crippen LogP contribution in [0.2, 0.25) is 5.02 Å². The van der Waals surface area contributed by atoms with Gasteiger partial charge in [-0.05, 0) is 66.6 Å². The van der Waals surface area contributed by atoms with Gasteiger partial charge in [-0.3, -0.25) is 13.9 Å². The summed E-state index contributed by atoms with van der Waals surface area (Å²) >= 11 is 6.16. The van der Waals surface area contributed by atoms with Gasteiger partial charge in [0.05, 0.1) is 24.1 Å². The first-order valence-corrected chi connectivity index (χ1v) is 12.9. The number of hydrogen-bond donors (Lipinski definition) is 1. The summed E-state index contributed by atoms with van der Waals surface area (Å²) in [6, 6.07) is 16.8. The summed E-state index contributed by atoms with van der Waals surface area (Å²) in [6.45, 7) is 0.538. The van der Waals surface area contributed by atoms with Crippen LogP contribution in [-0.4, -0.2) is 47.2 Å². The highest BCUT2D eigenvalue weighted by Crippen LogP contribution is 2.33. The fourth-order valence-corrected chi connectivity index (χ4v) is 4.64. The minimum Gasteiger partial charge on any atom is -0.497 e. The van der Waals surface area contributed by atoms with Gasteiger partial charge in [-0.25, -0.2) is 8.42 Å². The Bertz CT molecular complexity index is 1410. The third-order valence-electron chi connectivity index (χ3n) is 5.87. The lowest BCUT2D eigenvalue weighted by Gasteiger charge is -2.19. The van der Waals surface area contributed by atoms with E-state index in [0.717, 1.165) is 21.8 Å². The Labute approximate surface area is 209 Å². The molecule has 0 aliphatic carbocycles. The van der Waals surface area contributed by atoms with E-state index in [-0.39, 0.29) is 22.2 Å². The van der Waals surface area contributed by atoms with Crippen LogP contribution in [0.1, 0.15) is 26.3 Å². The van der Waals surface area contributed by atoms with Crippen molar-refractivity contribution in [2.24, 2.45) is 0 Å². The molecular formula is C25H24ClN3O5S. The lowest BCUT2D eigenvalue weighted by Crippen LogP contribution is -2.28. The van der Waals surface area contributed by atoms with Gasteiger partial charge in [0, 0.05) is 36.1 Å². The lowest BCUT2D eigenvalue weighted by atomic mass is 10.1. The molecule has 0 aromatic heterocycles. The molecule has 10 heteroatoms. The molecule has 182 valence electrons. The van der Waals surface area contributed by atoms with Gasteiger partial charge < -0.3 is 15.0 Å². The summed E-state index contributed by atoms with van der Waals surface area (Å²) < 4.78 is 30.0. The first-order valence-electron chi connectivity index (χ1n) is 10.7. The number of anilines is 3. The monoisotopic (exact) mass is 513 g/mol. The molecule has 3 aromatic rings. The number of benzene rings is 3. The zero-order valence-corrected chi connectivity index (χ0v) is 21.0. The number of hydrogen-bond acceptors (Lipinski definition) is 5. The molecule has 0 saturated heterocycles. The molecular weight excluding hydrogens is 490 g/mol. The van der Waals surface area contributed by atoms with Crippen LogP contribution >= 0.6 is 11.6 Å². The quantitative estimate of drug-likeness (QED) is 0.533. The van der Waals surface area contributed by atoms with Crippen molar-refractivity contribution in [2.75, 3.05) is 41.5 Å². The Balaban J connectivity index is 1.56. The van der Waals surface area contributed by atoms with Gasteiger partial charge in [0.25, 0.3) is 11.8 Å². The molecule has 35 heavy (non-hydrogen) atoms. The number of nitrogens with zero attached hydrogens (tertiary/aromatic N) is 2. The molecule has 2 amide bonds. The molecule has 0 unspecified atom stereocenters. The van der Waals surface area contributed by atoms with Crippen molar-refractivity contribution in [3.05, 3.63) is 82.4 Å². The summed E-state index contributed by atoms with van der Waals surface area (Å²) in [5.41, 5.74) is 3.23. The Morgan fingerprint density at radius 1 is 1.03 bits per heavy atom. The molecule has 0 fully saturated rings. The van der Waals surface area contributed by atoms with Gasteiger partial charge in [-0.2, -0.15) is 0 Å². The lowest BCUT2D eigenvalue weighted by molar-refractivity contribution is 0.0988. The summed E-state index contributed by atoms with van der Waals surface area (Å²) in [6.07, 6.45) is 1.77. The van der Waals surface area contributed by atoms with E-state index >= 15 is 0 Å². The maximum absolute atomic E-state index is 13.1. The average molecular weight is 514 g/mol. The third kappa shape index (κ3) is 5.11. The first kappa shape index (κ1) is 24.6. The number of carbonyl (C=O) groups excluding carboxylic acids is 2. The number of amides is 2. The van der Waals surface area contributed by atoms with Crippen molar-refractivity contribution in [2.45, 2.75) is 6.42 Å². The fourth-order valence-electron chi connectivity index (χ4n) is 3.83. The van der Waals surface area contributed by atoms with Crippen LogP contribution in [-0.2, 0) is 16.4 Å². The van der Waals surface area contributed by atoms with Gasteiger partial charge in [-0.1, -0.05) is 17.7 Å². The zero-order chi connectivity index (χ0) is 25.3. The molecule has 4 rings (SSSR count). The topological polar surface area (TPSA) is 96.0 Å². The van der Waals surface area contributed by atoms with E-state index in [9.17, 15) is 18.0 Å². The molecule has 0 spiro atoms. The number of carbonyl (C=O) groups is 2. The standard InChI is InChI=1S/C25H24ClN3O5S/c1-28(35(3,32)33)23-14-18(7-11-21(23)26)24(30)27-19-8-4-16-12-13-29(22(16)15-19)25(31)17-5-9-20(34-2)10-6-17/h4-11,14-15H,12-13H2,1-3H3,(H,27,30). The zero-order valence-electron chi connectivity index (χ0n) is 19.4. The smallest absolute Gasteiger partial charge is 0.258 e. The minimum atomic E-state index is -3.56. The predicted octanol–water partition coefficient (Wildman–Crippen LogP) is 4.20. The second-order valence-corrected chi connectivity index (χ2v) is 10.6. The SMILES string of the molecule is COc1ccc(C(=O)N2CCc3ccc(NC(=O)c4ccc(Cl)c(N(C)S(C)(=O)=O)c4)cc32)cc1. The average Bonchev–Trinajstić information content (AvgIpc) is 3.26. The van der Waals surface area contributed by atoms with E-state index in [0.29, 0.717) is 30.0 Å². The van der Waals surface area contributed by atoms with Crippen LogP contribution in [0, 0.1) is 0 Å². The van der Waals surface area contributed by atoms with Crippen molar-refractivity contribution in [1.82, 2.24) is 0 Å². The van der Waals surface area contributed by atoms with Crippen LogP contribution in [0.5, 0.6) is 5.75 Å². The van der Waals surface area contributed by atoms with Gasteiger partial charge in [-0.15, -0.1) is 0 Å². The molecule has 0 radical (unpaired) electrons. The Kier molecular flexibility index (Phi) is 6.73. The first-order chi connectivity index (χ1) is 16.6. The maximum Gasteiger partial charge on any atom is 0.258 e. The molecule has 3 aromatic carbocycles. The second-order valence-electron chi connectivity index (χ2n) is 8.13. The van der Waals surface area contributed by atoms with Crippen LogP contribution in [0.25, 0.3) is 0 Å². The maximum atomic E-state index is 13.1. The number of nitrogens with one attached hydrogen (secondary N) is 1. The number of fused-ring (bicyclic) bond motifs is 1. The number of rotatable bonds is 6. The van der Waals surface area contributed by atoms with E-state index in [2.05, 4.69) is 5.32 Å². The van der Waals surface area contributed by atoms with Gasteiger partial charge in [0.2, 0.25) is 10.0 Å². The molecule has 8 nitrogen and oxygen atoms in total. The summed E-state index contributed by atoms with van der Waals surface area (Å²) in [5, 5.41) is 3.03. The Morgan fingerprint density at radius 2 is 1.71 bits per heavy atom. The summed E-state index contributed by atoms with van der Waals surface area (Å²) in [4.78, 5) is 27.7. The molecule has 0 bridgehead atoms. The number of halogens is 1. The largest absolute Gasteiger partial charge is 0.497 e. The third-order valence-corrected chi connectivity index (χ3v) is 7.38. The number of sulfonamides is 1. The van der Waals surface area contributed by atoms with Gasteiger partial charge >= 0.3 is 0 Å². The number of ether oxygens (including phenoxy) is 1. The minimum absolute atomic E-state index is 0.138. The number of methoxy groups -OCH3 is 1. The van der Waals surface area contributed by atoms with Crippen LogP contribution < -0.4 is 19.3 Å². The van der Waals surface area contributed by atoms with Crippen molar-refractivity contribution >= 4 is 50.5 Å². The highest BCUT2D eigenvalue weighted by atomic mass is 35.5. The van der Waals surface area contributed by atoms with E-state index < -0.39 is 15.9 Å². The normalized spacial score (nSPS) is 12.7. The molecule has 0 atom stereocenters. The molecule has 1 N–H and O–H groups in total. The van der Waals surface area contributed by atoms with Crippen LogP contribution in [0.3, 0.4) is 0 Å². The predicted molar refractivity (Wildman–Crippen MR) is 137 cm³/mol. The Morgan fingerprint density at radius 3 is 2.37 bits per heavy atom. The van der Waals surface area contributed by atoms with E-state index in [4.69, 9.17) is 16.3 Å². The van der Waals surface area contributed by atoms with Crippen LogP contribution in [0.15, 0.2) is 60.7 Å². The van der Waals surface area contributed by atoms with E-state index in [1.165, 1.54) is 25.2 Å². The molecule has 0 saturated carbocycles. The van der Waals surface area contributed by atoms with Gasteiger partial charge in [0.15, 0.2) is 0 Å². The van der Waals surface area contributed by atoms with E-state index in [1.54, 1.807) is 48.4 Å². The Hall–Kier alpha value is -3.56. The van der Waals surface area contributed by atoms with Crippen molar-refractivity contribution in [3.63, 3.8) is 0 Å². The van der Waals surface area contributed by atoms with Crippen LogP contribution in [0.4, 0.5) is 17.1 Å². The van der Waals surface area contributed by atoms with Crippen molar-refractivity contribution in [3.8, 4) is 5.75 Å². The highest BCUT2D eigenvalue weighted by Gasteiger charge is 2.26. The molecule has 1 aliphatic rings. The fraction of sp³-hybridized carbons (Fsp3) is 0.200. The van der Waals surface area contributed by atoms with Gasteiger partial charge in [0.1, 0.15) is 5.75 Å². The highest BCUT2D eigenvalue weighted by molar-refractivity contribution is 7.92. The van der Waals surface area contributed by atoms with E-state index in [1.807, 2.05) is 6.07 Å². The molecule has 1 aliphatic heterocycles. The van der Waals surface area contributed by atoms with Crippen molar-refractivity contribution < 1.29 is 22.7 Å². The molecule has 1 heterocycles. The second kappa shape index (κ2) is 9.59.